The number of hydrogen-bond donors (Lipinski definition) is 1. The molecule has 0 amide bonds. The normalized spacial score (nSPS) is 21.8. The number of hydrogen-bond acceptors (Lipinski definition) is 3. The van der Waals surface area contributed by atoms with Crippen LogP contribution in [0.2, 0.25) is 0 Å². The van der Waals surface area contributed by atoms with E-state index in [1.165, 1.54) is 11.3 Å². The van der Waals surface area contributed by atoms with Crippen LogP contribution in [0.4, 0.5) is 5.69 Å². The van der Waals surface area contributed by atoms with Gasteiger partial charge < -0.3 is 15.4 Å². The van der Waals surface area contributed by atoms with E-state index >= 15 is 0 Å². The van der Waals surface area contributed by atoms with Crippen LogP contribution in [0.25, 0.3) is 0 Å². The maximum Gasteiger partial charge on any atom is 0.0762 e. The molecular formula is C14H22N2O. The van der Waals surface area contributed by atoms with Crippen molar-refractivity contribution in [3.63, 3.8) is 0 Å². The first kappa shape index (κ1) is 12.4. The molecule has 0 bridgehead atoms. The molecule has 17 heavy (non-hydrogen) atoms. The lowest BCUT2D eigenvalue weighted by Crippen LogP contribution is -2.25. The molecule has 0 spiro atoms. The zero-order valence-corrected chi connectivity index (χ0v) is 10.7. The molecule has 3 heteroatoms. The second kappa shape index (κ2) is 5.52. The predicted molar refractivity (Wildman–Crippen MR) is 71.4 cm³/mol. The molecule has 3 nitrogen and oxygen atoms in total. The number of nitrogens with two attached hydrogens (primary N) is 1. The van der Waals surface area contributed by atoms with E-state index < -0.39 is 0 Å². The fourth-order valence-electron chi connectivity index (χ4n) is 2.48. The quantitative estimate of drug-likeness (QED) is 0.863. The Bertz CT molecular complexity index is 365. The lowest BCUT2D eigenvalue weighted by atomic mass is 10.0. The van der Waals surface area contributed by atoms with E-state index in [0.717, 1.165) is 25.9 Å². The van der Waals surface area contributed by atoms with Crippen molar-refractivity contribution in [3.05, 3.63) is 29.8 Å². The molecule has 2 unspecified atom stereocenters. The Balaban J connectivity index is 2.14. The van der Waals surface area contributed by atoms with E-state index in [1.807, 2.05) is 0 Å². The van der Waals surface area contributed by atoms with E-state index in [-0.39, 0.29) is 6.04 Å². The first-order valence-corrected chi connectivity index (χ1v) is 6.32. The van der Waals surface area contributed by atoms with Gasteiger partial charge in [-0.05, 0) is 31.4 Å². The van der Waals surface area contributed by atoms with Gasteiger partial charge in [-0.25, -0.2) is 0 Å². The summed E-state index contributed by atoms with van der Waals surface area (Å²) >= 11 is 0. The summed E-state index contributed by atoms with van der Waals surface area (Å²) in [6.07, 6.45) is 2.42. The van der Waals surface area contributed by atoms with Gasteiger partial charge in [0.25, 0.3) is 0 Å². The smallest absolute Gasteiger partial charge is 0.0762 e. The molecule has 1 aliphatic rings. The van der Waals surface area contributed by atoms with Crippen LogP contribution in [-0.2, 0) is 11.2 Å². The Kier molecular flexibility index (Phi) is 4.02. The maximum absolute atomic E-state index is 5.90. The van der Waals surface area contributed by atoms with Gasteiger partial charge in [0.2, 0.25) is 0 Å². The van der Waals surface area contributed by atoms with Gasteiger partial charge in [0.15, 0.2) is 0 Å². The van der Waals surface area contributed by atoms with Crippen molar-refractivity contribution in [2.45, 2.75) is 31.9 Å². The van der Waals surface area contributed by atoms with Gasteiger partial charge in [0.1, 0.15) is 0 Å². The van der Waals surface area contributed by atoms with Gasteiger partial charge in [-0.1, -0.05) is 18.2 Å². The van der Waals surface area contributed by atoms with E-state index in [9.17, 15) is 0 Å². The van der Waals surface area contributed by atoms with E-state index in [1.54, 1.807) is 7.11 Å². The van der Waals surface area contributed by atoms with Gasteiger partial charge in [0.05, 0.1) is 6.10 Å². The van der Waals surface area contributed by atoms with Crippen molar-refractivity contribution >= 4 is 5.69 Å². The number of ether oxygens (including phenoxy) is 1. The minimum Gasteiger partial charge on any atom is -0.380 e. The number of methoxy groups -OCH3 is 1. The van der Waals surface area contributed by atoms with Crippen LogP contribution in [0, 0.1) is 0 Å². The van der Waals surface area contributed by atoms with Crippen LogP contribution in [0.3, 0.4) is 0 Å². The predicted octanol–water partition coefficient (Wildman–Crippen LogP) is 1.80. The van der Waals surface area contributed by atoms with E-state index in [4.69, 9.17) is 10.5 Å². The van der Waals surface area contributed by atoms with Gasteiger partial charge in [0, 0.05) is 31.9 Å². The molecule has 0 aromatic heterocycles. The zero-order chi connectivity index (χ0) is 12.3. The Hall–Kier alpha value is -1.06. The average Bonchev–Trinajstić information content (AvgIpc) is 2.77. The van der Waals surface area contributed by atoms with Crippen molar-refractivity contribution in [1.82, 2.24) is 0 Å². The van der Waals surface area contributed by atoms with Crippen molar-refractivity contribution in [1.29, 1.82) is 0 Å². The number of benzene rings is 1. The largest absolute Gasteiger partial charge is 0.380 e. The third-order valence-electron chi connectivity index (χ3n) is 3.35. The van der Waals surface area contributed by atoms with Gasteiger partial charge in [-0.3, -0.25) is 0 Å². The summed E-state index contributed by atoms with van der Waals surface area (Å²) < 4.78 is 5.42. The lowest BCUT2D eigenvalue weighted by Gasteiger charge is -2.22. The first-order valence-electron chi connectivity index (χ1n) is 6.32. The van der Waals surface area contributed by atoms with Gasteiger partial charge in [-0.15, -0.1) is 0 Å². The second-order valence-corrected chi connectivity index (χ2v) is 4.90. The summed E-state index contributed by atoms with van der Waals surface area (Å²) in [6, 6.07) is 8.76. The summed E-state index contributed by atoms with van der Waals surface area (Å²) in [5.74, 6) is 0. The summed E-state index contributed by atoms with van der Waals surface area (Å²) in [6.45, 7) is 4.12. The highest BCUT2D eigenvalue weighted by molar-refractivity contribution is 5.54. The molecule has 2 rings (SSSR count). The molecule has 94 valence electrons. The Morgan fingerprint density at radius 2 is 2.24 bits per heavy atom. The van der Waals surface area contributed by atoms with Crippen LogP contribution in [0.15, 0.2) is 24.3 Å². The van der Waals surface area contributed by atoms with Crippen molar-refractivity contribution < 1.29 is 4.74 Å². The minimum atomic E-state index is 0.206. The molecule has 1 aromatic rings. The van der Waals surface area contributed by atoms with Crippen molar-refractivity contribution in [3.8, 4) is 0 Å². The number of rotatable bonds is 4. The topological polar surface area (TPSA) is 38.5 Å². The van der Waals surface area contributed by atoms with Gasteiger partial charge in [-0.2, -0.15) is 0 Å². The Morgan fingerprint density at radius 1 is 1.47 bits per heavy atom. The summed E-state index contributed by atoms with van der Waals surface area (Å²) in [4.78, 5) is 2.41. The fraction of sp³-hybridized carbons (Fsp3) is 0.571. The molecule has 0 saturated carbocycles. The highest BCUT2D eigenvalue weighted by Gasteiger charge is 2.23. The van der Waals surface area contributed by atoms with Crippen molar-refractivity contribution in [2.75, 3.05) is 25.1 Å². The van der Waals surface area contributed by atoms with E-state index in [0.29, 0.717) is 6.10 Å². The Morgan fingerprint density at radius 3 is 2.88 bits per heavy atom. The summed E-state index contributed by atoms with van der Waals surface area (Å²) in [7, 11) is 1.79. The molecule has 1 aliphatic heterocycles. The molecular weight excluding hydrogens is 212 g/mol. The van der Waals surface area contributed by atoms with Crippen LogP contribution in [0.5, 0.6) is 0 Å². The first-order chi connectivity index (χ1) is 8.20. The monoisotopic (exact) mass is 234 g/mol. The fourth-order valence-corrected chi connectivity index (χ4v) is 2.48. The average molecular weight is 234 g/mol. The molecule has 0 aliphatic carbocycles. The van der Waals surface area contributed by atoms with E-state index in [2.05, 4.69) is 36.1 Å². The standard InChI is InChI=1S/C14H22N2O/c1-11(15)9-12-5-3-4-6-14(12)16-8-7-13(10-16)17-2/h3-6,11,13H,7-10,15H2,1-2H3. The molecule has 1 aromatic carbocycles. The summed E-state index contributed by atoms with van der Waals surface area (Å²) in [5.41, 5.74) is 8.57. The van der Waals surface area contributed by atoms with Crippen LogP contribution < -0.4 is 10.6 Å². The van der Waals surface area contributed by atoms with Crippen LogP contribution in [-0.4, -0.2) is 32.3 Å². The molecule has 0 radical (unpaired) electrons. The molecule has 2 atom stereocenters. The highest BCUT2D eigenvalue weighted by Crippen LogP contribution is 2.26. The molecule has 1 saturated heterocycles. The van der Waals surface area contributed by atoms with Crippen molar-refractivity contribution in [2.24, 2.45) is 5.73 Å². The van der Waals surface area contributed by atoms with Crippen LogP contribution >= 0.6 is 0 Å². The third kappa shape index (κ3) is 2.99. The molecule has 1 heterocycles. The third-order valence-corrected chi connectivity index (χ3v) is 3.35. The van der Waals surface area contributed by atoms with Crippen LogP contribution in [0.1, 0.15) is 18.9 Å². The number of anilines is 1. The molecule has 1 fully saturated rings. The zero-order valence-electron chi connectivity index (χ0n) is 10.7. The SMILES string of the molecule is COC1CCN(c2ccccc2CC(C)N)C1. The van der Waals surface area contributed by atoms with Gasteiger partial charge >= 0.3 is 0 Å². The molecule has 2 N–H and O–H groups in total. The highest BCUT2D eigenvalue weighted by atomic mass is 16.5. The maximum atomic E-state index is 5.90. The number of para-hydroxylation sites is 1. The summed E-state index contributed by atoms with van der Waals surface area (Å²) in [5, 5.41) is 0. The second-order valence-electron chi connectivity index (χ2n) is 4.90. The number of nitrogens with zero attached hydrogens (tertiary/aromatic N) is 1. The minimum absolute atomic E-state index is 0.206. The Labute approximate surface area is 104 Å². The lowest BCUT2D eigenvalue weighted by molar-refractivity contribution is 0.121.